The number of anilines is 1. The molecule has 0 radical (unpaired) electrons. The molecule has 2 N–H and O–H groups in total. The summed E-state index contributed by atoms with van der Waals surface area (Å²) in [5, 5.41) is 5.12. The molecule has 2 aromatic carbocycles. The van der Waals surface area contributed by atoms with Gasteiger partial charge < -0.3 is 15.0 Å². The van der Waals surface area contributed by atoms with Crippen molar-refractivity contribution in [1.82, 2.24) is 4.98 Å². The average Bonchev–Trinajstić information content (AvgIpc) is 2.95. The van der Waals surface area contributed by atoms with Crippen LogP contribution in [0, 0.1) is 0 Å². The molecule has 0 aliphatic heterocycles. The highest BCUT2D eigenvalue weighted by Gasteiger charge is 2.24. The Balaban J connectivity index is 1.86. The number of hydrogen-bond donors (Lipinski definition) is 2. The highest BCUT2D eigenvalue weighted by molar-refractivity contribution is 5.94. The first-order chi connectivity index (χ1) is 11.3. The highest BCUT2D eigenvalue weighted by Crippen LogP contribution is 2.40. The average molecular weight is 306 g/mol. The fourth-order valence-corrected chi connectivity index (χ4v) is 3.33. The van der Waals surface area contributed by atoms with E-state index >= 15 is 0 Å². The van der Waals surface area contributed by atoms with E-state index in [1.54, 1.807) is 0 Å². The number of nitrogens with one attached hydrogen (secondary N) is 2. The molecule has 1 aliphatic carbocycles. The molecule has 4 heteroatoms. The molecule has 0 atom stereocenters. The maximum Gasteiger partial charge on any atom is 0.256 e. The number of aromatic amines is 1. The number of hydrogen-bond acceptors (Lipinski definition) is 3. The fraction of sp³-hybridized carbons (Fsp3) is 0.211. The molecule has 3 aromatic rings. The smallest absolute Gasteiger partial charge is 0.256 e. The van der Waals surface area contributed by atoms with Gasteiger partial charge in [-0.05, 0) is 35.6 Å². The number of benzene rings is 2. The Kier molecular flexibility index (Phi) is 3.39. The molecule has 0 unspecified atom stereocenters. The summed E-state index contributed by atoms with van der Waals surface area (Å²) in [5.41, 5.74) is 5.50. The van der Waals surface area contributed by atoms with Crippen molar-refractivity contribution >= 4 is 16.5 Å². The third-order valence-corrected chi connectivity index (χ3v) is 4.40. The minimum atomic E-state index is -0.0279. The van der Waals surface area contributed by atoms with Crippen LogP contribution in [0.15, 0.2) is 47.3 Å². The minimum absolute atomic E-state index is 0.0279. The maximum atomic E-state index is 12.4. The first-order valence-corrected chi connectivity index (χ1v) is 7.87. The molecule has 116 valence electrons. The van der Waals surface area contributed by atoms with Gasteiger partial charge in [0.2, 0.25) is 0 Å². The largest absolute Gasteiger partial charge is 0.362 e. The van der Waals surface area contributed by atoms with Crippen LogP contribution in [0.4, 0.5) is 5.69 Å². The van der Waals surface area contributed by atoms with Gasteiger partial charge in [0.1, 0.15) is 6.73 Å². The number of H-pyrrole nitrogens is 1. The molecule has 4 nitrogen and oxygen atoms in total. The zero-order chi connectivity index (χ0) is 15.8. The van der Waals surface area contributed by atoms with Crippen molar-refractivity contribution in [3.05, 3.63) is 63.9 Å². The summed E-state index contributed by atoms with van der Waals surface area (Å²) in [7, 11) is 0. The number of ether oxygens (including phenoxy) is 1. The van der Waals surface area contributed by atoms with Gasteiger partial charge in [-0.1, -0.05) is 30.3 Å². The Hall–Kier alpha value is -2.59. The number of rotatable bonds is 4. The summed E-state index contributed by atoms with van der Waals surface area (Å²) < 4.78 is 5.39. The van der Waals surface area contributed by atoms with Crippen LogP contribution < -0.4 is 10.9 Å². The number of pyridine rings is 1. The Bertz CT molecular complexity index is 944. The van der Waals surface area contributed by atoms with E-state index in [0.29, 0.717) is 13.3 Å². The molecule has 0 saturated carbocycles. The summed E-state index contributed by atoms with van der Waals surface area (Å²) in [5.74, 6) is 0. The molecular formula is C19H18N2O2. The van der Waals surface area contributed by atoms with Crippen molar-refractivity contribution in [3.63, 3.8) is 0 Å². The van der Waals surface area contributed by atoms with Gasteiger partial charge in [0.05, 0.1) is 5.69 Å². The van der Waals surface area contributed by atoms with E-state index in [1.807, 2.05) is 37.3 Å². The van der Waals surface area contributed by atoms with Gasteiger partial charge in [0.25, 0.3) is 5.56 Å². The van der Waals surface area contributed by atoms with E-state index in [4.69, 9.17) is 4.74 Å². The van der Waals surface area contributed by atoms with Crippen LogP contribution in [0.3, 0.4) is 0 Å². The van der Waals surface area contributed by atoms with Gasteiger partial charge in [0, 0.05) is 29.7 Å². The summed E-state index contributed by atoms with van der Waals surface area (Å²) in [6.07, 6.45) is 0.817. The molecule has 1 aromatic heterocycles. The second-order valence-corrected chi connectivity index (χ2v) is 5.68. The van der Waals surface area contributed by atoms with Crippen LogP contribution in [0.2, 0.25) is 0 Å². The Morgan fingerprint density at radius 2 is 1.91 bits per heavy atom. The van der Waals surface area contributed by atoms with E-state index in [1.165, 1.54) is 11.1 Å². The van der Waals surface area contributed by atoms with Gasteiger partial charge in [-0.3, -0.25) is 4.79 Å². The predicted octanol–water partition coefficient (Wildman–Crippen LogP) is 3.51. The van der Waals surface area contributed by atoms with Crippen molar-refractivity contribution in [2.75, 3.05) is 18.7 Å². The second kappa shape index (κ2) is 5.56. The summed E-state index contributed by atoms with van der Waals surface area (Å²) in [6, 6.07) is 13.9. The lowest BCUT2D eigenvalue weighted by Crippen LogP contribution is -2.08. The number of fused-ring (bicyclic) bond motifs is 5. The molecule has 23 heavy (non-hydrogen) atoms. The first-order valence-electron chi connectivity index (χ1n) is 7.87. The van der Waals surface area contributed by atoms with Crippen molar-refractivity contribution in [2.45, 2.75) is 13.3 Å². The normalized spacial score (nSPS) is 12.2. The summed E-state index contributed by atoms with van der Waals surface area (Å²) >= 11 is 0. The Morgan fingerprint density at radius 1 is 1.09 bits per heavy atom. The van der Waals surface area contributed by atoms with Crippen molar-refractivity contribution < 1.29 is 4.74 Å². The van der Waals surface area contributed by atoms with E-state index in [2.05, 4.69) is 22.4 Å². The molecular weight excluding hydrogens is 288 g/mol. The van der Waals surface area contributed by atoms with Gasteiger partial charge >= 0.3 is 0 Å². The van der Waals surface area contributed by atoms with Crippen LogP contribution >= 0.6 is 0 Å². The molecule has 0 fully saturated rings. The SMILES string of the molecule is CCOCNc1cccc2c1Cc1c-2[nH]c(=O)c2ccccc12. The number of aromatic nitrogens is 1. The zero-order valence-electron chi connectivity index (χ0n) is 13.0. The lowest BCUT2D eigenvalue weighted by molar-refractivity contribution is 0.167. The summed E-state index contributed by atoms with van der Waals surface area (Å²) in [4.78, 5) is 15.4. The lowest BCUT2D eigenvalue weighted by Gasteiger charge is -2.11. The van der Waals surface area contributed by atoms with Crippen LogP contribution in [-0.2, 0) is 11.2 Å². The molecule has 0 saturated heterocycles. The van der Waals surface area contributed by atoms with Crippen molar-refractivity contribution in [2.24, 2.45) is 0 Å². The lowest BCUT2D eigenvalue weighted by atomic mass is 10.0. The highest BCUT2D eigenvalue weighted by atomic mass is 16.5. The van der Waals surface area contributed by atoms with E-state index in [-0.39, 0.29) is 5.56 Å². The fourth-order valence-electron chi connectivity index (χ4n) is 3.33. The van der Waals surface area contributed by atoms with Gasteiger partial charge in [0.15, 0.2) is 0 Å². The third-order valence-electron chi connectivity index (χ3n) is 4.40. The van der Waals surface area contributed by atoms with E-state index in [9.17, 15) is 4.79 Å². The molecule has 0 bridgehead atoms. The van der Waals surface area contributed by atoms with E-state index < -0.39 is 0 Å². The zero-order valence-corrected chi connectivity index (χ0v) is 13.0. The monoisotopic (exact) mass is 306 g/mol. The topological polar surface area (TPSA) is 54.1 Å². The minimum Gasteiger partial charge on any atom is -0.362 e. The van der Waals surface area contributed by atoms with Crippen LogP contribution in [0.5, 0.6) is 0 Å². The van der Waals surface area contributed by atoms with Crippen LogP contribution in [0.25, 0.3) is 22.0 Å². The second-order valence-electron chi connectivity index (χ2n) is 5.68. The third kappa shape index (κ3) is 2.23. The quantitative estimate of drug-likeness (QED) is 0.448. The molecule has 1 aliphatic rings. The Labute approximate surface area is 134 Å². The standard InChI is InChI=1S/C19H18N2O2/c1-2-23-11-20-17-9-5-8-13-15(17)10-16-12-6-3-4-7-14(12)19(22)21-18(13)16/h3-9,20H,2,10-11H2,1H3,(H,21,22). The molecule has 4 rings (SSSR count). The maximum absolute atomic E-state index is 12.4. The first kappa shape index (κ1) is 14.0. The van der Waals surface area contributed by atoms with Crippen LogP contribution in [-0.4, -0.2) is 18.3 Å². The van der Waals surface area contributed by atoms with Crippen molar-refractivity contribution in [1.29, 1.82) is 0 Å². The van der Waals surface area contributed by atoms with Crippen molar-refractivity contribution in [3.8, 4) is 11.3 Å². The summed E-state index contributed by atoms with van der Waals surface area (Å²) in [6.45, 7) is 3.14. The Morgan fingerprint density at radius 3 is 2.74 bits per heavy atom. The van der Waals surface area contributed by atoms with Gasteiger partial charge in [-0.15, -0.1) is 0 Å². The predicted molar refractivity (Wildman–Crippen MR) is 92.9 cm³/mol. The van der Waals surface area contributed by atoms with Gasteiger partial charge in [-0.25, -0.2) is 0 Å². The van der Waals surface area contributed by atoms with Crippen LogP contribution in [0.1, 0.15) is 18.1 Å². The molecule has 0 spiro atoms. The van der Waals surface area contributed by atoms with E-state index in [0.717, 1.165) is 34.1 Å². The molecule has 1 heterocycles. The molecule has 0 amide bonds. The van der Waals surface area contributed by atoms with Gasteiger partial charge in [-0.2, -0.15) is 0 Å².